The molecule has 84 valence electrons. The molecule has 5 heteroatoms. The van der Waals surface area contributed by atoms with Gasteiger partial charge in [0.05, 0.1) is 23.9 Å². The van der Waals surface area contributed by atoms with Crippen LogP contribution in [0.2, 0.25) is 0 Å². The van der Waals surface area contributed by atoms with Crippen molar-refractivity contribution in [2.24, 2.45) is 0 Å². The first kappa shape index (κ1) is 10.9. The zero-order valence-electron chi connectivity index (χ0n) is 9.35. The summed E-state index contributed by atoms with van der Waals surface area (Å²) in [5, 5.41) is 12.6. The summed E-state index contributed by atoms with van der Waals surface area (Å²) in [6, 6.07) is 3.37. The first-order valence-electron chi connectivity index (χ1n) is 4.83. The number of methoxy groups -OCH3 is 1. The highest BCUT2D eigenvalue weighted by molar-refractivity contribution is 7.15. The van der Waals surface area contributed by atoms with Gasteiger partial charge < -0.3 is 9.94 Å². The van der Waals surface area contributed by atoms with Gasteiger partial charge in [-0.15, -0.1) is 11.3 Å². The maximum Gasteiger partial charge on any atom is 0.239 e. The summed E-state index contributed by atoms with van der Waals surface area (Å²) in [5.74, 6) is 0.674. The smallest absolute Gasteiger partial charge is 0.239 e. The van der Waals surface area contributed by atoms with Crippen molar-refractivity contribution >= 4 is 11.3 Å². The average Bonchev–Trinajstić information content (AvgIpc) is 2.58. The Kier molecular flexibility index (Phi) is 2.78. The fraction of sp³-hybridized carbons (Fsp3) is 0.273. The highest BCUT2D eigenvalue weighted by Crippen LogP contribution is 2.28. The van der Waals surface area contributed by atoms with Gasteiger partial charge >= 0.3 is 0 Å². The predicted octanol–water partition coefficient (Wildman–Crippen LogP) is 2.07. The van der Waals surface area contributed by atoms with Crippen LogP contribution >= 0.6 is 11.3 Å². The van der Waals surface area contributed by atoms with Crippen LogP contribution in [0.3, 0.4) is 0 Å². The van der Waals surface area contributed by atoms with Crippen molar-refractivity contribution in [3.8, 4) is 16.3 Å². The van der Waals surface area contributed by atoms with E-state index < -0.39 is 0 Å². The Morgan fingerprint density at radius 1 is 1.44 bits per heavy atom. The van der Waals surface area contributed by atoms with Gasteiger partial charge in [-0.05, 0) is 13.8 Å². The molecule has 0 N–H and O–H groups in total. The zero-order chi connectivity index (χ0) is 11.7. The standard InChI is InChI=1S/C11H12N2O2S/c1-7-11(16-8(2)12-7)10-6-9(15-3)4-5-13(10)14/h4-6H,1-3H3. The monoisotopic (exact) mass is 236 g/mol. The van der Waals surface area contributed by atoms with E-state index >= 15 is 0 Å². The van der Waals surface area contributed by atoms with Crippen LogP contribution in [-0.4, -0.2) is 12.1 Å². The number of aromatic nitrogens is 2. The zero-order valence-corrected chi connectivity index (χ0v) is 10.2. The Balaban J connectivity index is 2.58. The van der Waals surface area contributed by atoms with Gasteiger partial charge in [0.25, 0.3) is 0 Å². The second-order valence-electron chi connectivity index (χ2n) is 3.43. The Labute approximate surface area is 97.7 Å². The Bertz CT molecular complexity index is 523. The first-order chi connectivity index (χ1) is 7.61. The summed E-state index contributed by atoms with van der Waals surface area (Å²) < 4.78 is 5.95. The van der Waals surface area contributed by atoms with Gasteiger partial charge in [0, 0.05) is 6.07 Å². The lowest BCUT2D eigenvalue weighted by molar-refractivity contribution is -0.593. The molecule has 16 heavy (non-hydrogen) atoms. The van der Waals surface area contributed by atoms with Crippen molar-refractivity contribution in [1.82, 2.24) is 4.98 Å². The molecule has 0 aliphatic rings. The van der Waals surface area contributed by atoms with E-state index in [1.807, 2.05) is 13.8 Å². The summed E-state index contributed by atoms with van der Waals surface area (Å²) in [6.07, 6.45) is 1.45. The van der Waals surface area contributed by atoms with Crippen molar-refractivity contribution in [2.45, 2.75) is 13.8 Å². The van der Waals surface area contributed by atoms with Gasteiger partial charge in [-0.25, -0.2) is 4.98 Å². The van der Waals surface area contributed by atoms with Gasteiger partial charge in [0.15, 0.2) is 6.20 Å². The third-order valence-electron chi connectivity index (χ3n) is 2.26. The predicted molar refractivity (Wildman–Crippen MR) is 62.5 cm³/mol. The van der Waals surface area contributed by atoms with E-state index in [-0.39, 0.29) is 0 Å². The van der Waals surface area contributed by atoms with Crippen LogP contribution in [0.5, 0.6) is 5.75 Å². The lowest BCUT2D eigenvalue weighted by atomic mass is 10.2. The van der Waals surface area contributed by atoms with Crippen molar-refractivity contribution in [3.05, 3.63) is 34.2 Å². The highest BCUT2D eigenvalue weighted by Gasteiger charge is 2.16. The minimum absolute atomic E-state index is 0.586. The number of rotatable bonds is 2. The number of hydrogen-bond acceptors (Lipinski definition) is 4. The number of nitrogens with zero attached hydrogens (tertiary/aromatic N) is 2. The molecule has 0 saturated heterocycles. The van der Waals surface area contributed by atoms with Gasteiger partial charge in [0.1, 0.15) is 10.6 Å². The van der Waals surface area contributed by atoms with Gasteiger partial charge in [-0.3, -0.25) is 0 Å². The average molecular weight is 236 g/mol. The largest absolute Gasteiger partial charge is 0.618 e. The minimum atomic E-state index is 0.586. The number of thiazole rings is 1. The SMILES string of the molecule is COc1cc[n+]([O-])c(-c2sc(C)nc2C)c1. The molecular weight excluding hydrogens is 224 g/mol. The number of ether oxygens (including phenoxy) is 1. The van der Waals surface area contributed by atoms with E-state index in [0.717, 1.165) is 20.3 Å². The van der Waals surface area contributed by atoms with Crippen molar-refractivity contribution in [2.75, 3.05) is 7.11 Å². The third kappa shape index (κ3) is 1.86. The summed E-state index contributed by atoms with van der Waals surface area (Å²) in [6.45, 7) is 3.83. The number of pyridine rings is 1. The Morgan fingerprint density at radius 3 is 2.75 bits per heavy atom. The molecule has 2 aromatic heterocycles. The molecule has 0 spiro atoms. The normalized spacial score (nSPS) is 10.4. The molecule has 0 bridgehead atoms. The second-order valence-corrected chi connectivity index (χ2v) is 4.63. The first-order valence-corrected chi connectivity index (χ1v) is 5.65. The van der Waals surface area contributed by atoms with E-state index in [1.165, 1.54) is 17.5 Å². The molecule has 0 aromatic carbocycles. The molecular formula is C11H12N2O2S. The fourth-order valence-corrected chi connectivity index (χ4v) is 2.45. The van der Waals surface area contributed by atoms with Crippen LogP contribution in [-0.2, 0) is 0 Å². The summed E-state index contributed by atoms with van der Waals surface area (Å²) in [5.41, 5.74) is 1.46. The molecule has 0 atom stereocenters. The minimum Gasteiger partial charge on any atom is -0.618 e. The third-order valence-corrected chi connectivity index (χ3v) is 3.36. The van der Waals surface area contributed by atoms with Gasteiger partial charge in [0.2, 0.25) is 5.69 Å². The van der Waals surface area contributed by atoms with Gasteiger partial charge in [-0.1, -0.05) is 0 Å². The molecule has 0 saturated carbocycles. The molecule has 0 aliphatic heterocycles. The topological polar surface area (TPSA) is 49.1 Å². The fourth-order valence-electron chi connectivity index (χ4n) is 1.53. The molecule has 0 amide bonds. The van der Waals surface area contributed by atoms with Gasteiger partial charge in [-0.2, -0.15) is 4.73 Å². The van der Waals surface area contributed by atoms with E-state index in [1.54, 1.807) is 19.2 Å². The summed E-state index contributed by atoms with van der Waals surface area (Å²) in [7, 11) is 1.58. The van der Waals surface area contributed by atoms with Crippen LogP contribution in [0.4, 0.5) is 0 Å². The van der Waals surface area contributed by atoms with E-state index in [2.05, 4.69) is 4.98 Å². The quantitative estimate of drug-likeness (QED) is 0.592. The molecule has 0 fully saturated rings. The van der Waals surface area contributed by atoms with Crippen LogP contribution in [0.1, 0.15) is 10.7 Å². The molecule has 2 aromatic rings. The molecule has 0 radical (unpaired) electrons. The van der Waals surface area contributed by atoms with E-state index in [0.29, 0.717) is 11.4 Å². The van der Waals surface area contributed by atoms with Crippen LogP contribution in [0, 0.1) is 19.1 Å². The lowest BCUT2D eigenvalue weighted by Gasteiger charge is -2.05. The molecule has 4 nitrogen and oxygen atoms in total. The van der Waals surface area contributed by atoms with Crippen molar-refractivity contribution in [3.63, 3.8) is 0 Å². The number of aryl methyl sites for hydroxylation is 2. The second kappa shape index (κ2) is 4.09. The number of hydrogen-bond donors (Lipinski definition) is 0. The van der Waals surface area contributed by atoms with Crippen LogP contribution in [0.15, 0.2) is 18.3 Å². The maximum atomic E-state index is 11.7. The highest BCUT2D eigenvalue weighted by atomic mass is 32.1. The van der Waals surface area contributed by atoms with E-state index in [9.17, 15) is 5.21 Å². The van der Waals surface area contributed by atoms with E-state index in [4.69, 9.17) is 4.74 Å². The van der Waals surface area contributed by atoms with Crippen LogP contribution < -0.4 is 9.47 Å². The molecule has 0 unspecified atom stereocenters. The van der Waals surface area contributed by atoms with Crippen molar-refractivity contribution < 1.29 is 9.47 Å². The van der Waals surface area contributed by atoms with Crippen molar-refractivity contribution in [1.29, 1.82) is 0 Å². The Morgan fingerprint density at radius 2 is 2.19 bits per heavy atom. The maximum absolute atomic E-state index is 11.7. The van der Waals surface area contributed by atoms with Crippen LogP contribution in [0.25, 0.3) is 10.6 Å². The molecule has 2 heterocycles. The molecule has 0 aliphatic carbocycles. The molecule has 2 rings (SSSR count). The lowest BCUT2D eigenvalue weighted by Crippen LogP contribution is -2.28. The summed E-state index contributed by atoms with van der Waals surface area (Å²) in [4.78, 5) is 5.20. The Hall–Kier alpha value is -1.62. The summed E-state index contributed by atoms with van der Waals surface area (Å²) >= 11 is 1.51.